The van der Waals surface area contributed by atoms with Gasteiger partial charge >= 0.3 is 151 Å². The maximum absolute atomic E-state index is 5.86. The van der Waals surface area contributed by atoms with Gasteiger partial charge in [-0.2, -0.15) is 0 Å². The van der Waals surface area contributed by atoms with E-state index in [-0.39, 0.29) is 6.29 Å². The predicted molar refractivity (Wildman–Crippen MR) is 103 cm³/mol. The Balaban J connectivity index is 2.31. The van der Waals surface area contributed by atoms with Gasteiger partial charge in [-0.1, -0.05) is 0 Å². The number of ether oxygens (including phenoxy) is 2. The van der Waals surface area contributed by atoms with E-state index in [4.69, 9.17) is 9.47 Å². The Morgan fingerprint density at radius 2 is 1.48 bits per heavy atom. The molecule has 2 heterocycles. The summed E-state index contributed by atoms with van der Waals surface area (Å²) in [6.07, 6.45) is 8.14. The van der Waals surface area contributed by atoms with Crippen molar-refractivity contribution in [1.82, 2.24) is 0 Å². The second-order valence-electron chi connectivity index (χ2n) is 6.87. The summed E-state index contributed by atoms with van der Waals surface area (Å²) in [6, 6.07) is 2.30. The molecule has 1 aliphatic rings. The predicted octanol–water partition coefficient (Wildman–Crippen LogP) is 5.85. The summed E-state index contributed by atoms with van der Waals surface area (Å²) < 4.78 is 18.1. The molecule has 1 aromatic heterocycles. The zero-order chi connectivity index (χ0) is 16.5. The molecule has 0 aromatic carbocycles. The molecule has 0 saturated carbocycles. The Morgan fingerprint density at radius 1 is 0.957 bits per heavy atom. The molecule has 1 aliphatic heterocycles. The van der Waals surface area contributed by atoms with Gasteiger partial charge in [0.15, 0.2) is 0 Å². The molecule has 0 bridgehead atoms. The second-order valence-corrected chi connectivity index (χ2v) is 21.8. The molecule has 0 aliphatic carbocycles. The molecule has 132 valence electrons. The van der Waals surface area contributed by atoms with Crippen molar-refractivity contribution in [3.05, 3.63) is 17.0 Å². The average Bonchev–Trinajstić information content (AvgIpc) is 3.25. The summed E-state index contributed by atoms with van der Waals surface area (Å²) in [6.45, 7) is 8.53. The Kier molecular flexibility index (Phi) is 8.94. The van der Waals surface area contributed by atoms with Crippen LogP contribution >= 0.6 is 11.3 Å². The molecule has 1 aromatic rings. The van der Waals surface area contributed by atoms with Crippen LogP contribution < -0.4 is 2.89 Å². The maximum atomic E-state index is 5.86. The Hall–Kier alpha value is 0.419. The third-order valence-electron chi connectivity index (χ3n) is 5.08. The molecule has 23 heavy (non-hydrogen) atoms. The van der Waals surface area contributed by atoms with Gasteiger partial charge in [0.05, 0.1) is 0 Å². The fourth-order valence-electron chi connectivity index (χ4n) is 3.73. The van der Waals surface area contributed by atoms with Gasteiger partial charge in [0.2, 0.25) is 0 Å². The summed E-state index contributed by atoms with van der Waals surface area (Å²) in [7, 11) is 0. The second kappa shape index (κ2) is 10.4. The van der Waals surface area contributed by atoms with E-state index in [1.165, 1.54) is 57.4 Å². The van der Waals surface area contributed by atoms with E-state index < -0.39 is 18.4 Å². The zero-order valence-electron chi connectivity index (χ0n) is 15.2. The third kappa shape index (κ3) is 5.19. The third-order valence-corrected chi connectivity index (χ3v) is 24.5. The molecule has 0 amide bonds. The first-order valence-electron chi connectivity index (χ1n) is 9.58. The molecule has 1 fully saturated rings. The normalized spacial score (nSPS) is 16.3. The molecule has 0 atom stereocenters. The van der Waals surface area contributed by atoms with Gasteiger partial charge in [-0.3, -0.25) is 0 Å². The number of rotatable bonds is 11. The van der Waals surface area contributed by atoms with Crippen molar-refractivity contribution in [2.24, 2.45) is 0 Å². The Bertz CT molecular complexity index is 419. The van der Waals surface area contributed by atoms with Crippen molar-refractivity contribution in [1.29, 1.82) is 0 Å². The van der Waals surface area contributed by atoms with Crippen molar-refractivity contribution in [3.63, 3.8) is 0 Å². The molecule has 1 saturated heterocycles. The molecule has 2 nitrogen and oxygen atoms in total. The number of hydrogen-bond acceptors (Lipinski definition) is 3. The van der Waals surface area contributed by atoms with Crippen LogP contribution in [0.1, 0.15) is 71.1 Å². The minimum absolute atomic E-state index is 0.0720. The first-order valence-corrected chi connectivity index (χ1v) is 17.9. The number of hydrogen-bond donors (Lipinski definition) is 0. The number of unbranched alkanes of at least 4 members (excludes halogenated alkanes) is 3. The fourth-order valence-corrected chi connectivity index (χ4v) is 24.6. The van der Waals surface area contributed by atoms with Crippen LogP contribution in [0.25, 0.3) is 0 Å². The average molecular weight is 445 g/mol. The van der Waals surface area contributed by atoms with Gasteiger partial charge in [0, 0.05) is 0 Å². The van der Waals surface area contributed by atoms with E-state index in [0.29, 0.717) is 0 Å². The van der Waals surface area contributed by atoms with Crippen LogP contribution in [-0.2, 0) is 9.47 Å². The van der Waals surface area contributed by atoms with Crippen LogP contribution in [0.15, 0.2) is 11.4 Å². The molecular formula is C19H34O2SSn. The van der Waals surface area contributed by atoms with Gasteiger partial charge in [-0.15, -0.1) is 0 Å². The van der Waals surface area contributed by atoms with Crippen LogP contribution in [0.5, 0.6) is 0 Å². The van der Waals surface area contributed by atoms with E-state index in [0.717, 1.165) is 13.2 Å². The first-order chi connectivity index (χ1) is 11.3. The quantitative estimate of drug-likeness (QED) is 0.398. The Morgan fingerprint density at radius 3 is 1.96 bits per heavy atom. The molecule has 0 radical (unpaired) electrons. The fraction of sp³-hybridized carbons (Fsp3) is 0.789. The van der Waals surface area contributed by atoms with Crippen LogP contribution in [0.2, 0.25) is 13.3 Å². The molecule has 0 N–H and O–H groups in total. The summed E-state index contributed by atoms with van der Waals surface area (Å²) in [5.74, 6) is 0. The summed E-state index contributed by atoms with van der Waals surface area (Å²) in [5.41, 5.74) is 1.41. The standard InChI is InChI=1S/C7H7O2S.3C4H9.Sn/c1-4-10-5-6(1)7-8-2-3-9-7;3*1-3-4-2;/h1,4,7H,2-3H2;3*1,3-4H2,2H3;. The van der Waals surface area contributed by atoms with Crippen molar-refractivity contribution >= 4 is 32.6 Å². The molecule has 4 heteroatoms. The first kappa shape index (κ1) is 19.7. The van der Waals surface area contributed by atoms with E-state index in [1.807, 2.05) is 11.3 Å². The van der Waals surface area contributed by atoms with Crippen molar-refractivity contribution in [3.8, 4) is 0 Å². The topological polar surface area (TPSA) is 18.5 Å². The molecule has 0 unspecified atom stereocenters. The van der Waals surface area contributed by atoms with E-state index in [2.05, 4.69) is 32.2 Å². The zero-order valence-corrected chi connectivity index (χ0v) is 18.9. The van der Waals surface area contributed by atoms with Gasteiger partial charge in [0.25, 0.3) is 0 Å². The van der Waals surface area contributed by atoms with Gasteiger partial charge in [0.1, 0.15) is 0 Å². The van der Waals surface area contributed by atoms with Crippen LogP contribution in [0.4, 0.5) is 0 Å². The van der Waals surface area contributed by atoms with Crippen molar-refractivity contribution in [2.45, 2.75) is 78.9 Å². The SMILES string of the molecule is CCC[CH2][Sn]([CH2]CCC)([CH2]CCC)[c]1sccc1C1OCCO1. The monoisotopic (exact) mass is 446 g/mol. The molecular weight excluding hydrogens is 411 g/mol. The van der Waals surface area contributed by atoms with Crippen LogP contribution in [0.3, 0.4) is 0 Å². The van der Waals surface area contributed by atoms with Crippen LogP contribution in [-0.4, -0.2) is 31.6 Å². The van der Waals surface area contributed by atoms with Gasteiger partial charge in [-0.05, 0) is 0 Å². The van der Waals surface area contributed by atoms with Crippen molar-refractivity contribution < 1.29 is 9.47 Å². The minimum atomic E-state index is -2.34. The summed E-state index contributed by atoms with van der Waals surface area (Å²) in [5, 5.41) is 2.30. The molecule has 2 rings (SSSR count). The van der Waals surface area contributed by atoms with Crippen LogP contribution in [0, 0.1) is 0 Å². The Labute approximate surface area is 150 Å². The van der Waals surface area contributed by atoms with E-state index in [9.17, 15) is 0 Å². The molecule has 0 spiro atoms. The number of thiophene rings is 1. The van der Waals surface area contributed by atoms with Gasteiger partial charge < -0.3 is 0 Å². The summed E-state index contributed by atoms with van der Waals surface area (Å²) >= 11 is -0.314. The van der Waals surface area contributed by atoms with Gasteiger partial charge in [-0.25, -0.2) is 0 Å². The summed E-state index contributed by atoms with van der Waals surface area (Å²) in [4.78, 5) is 0. The van der Waals surface area contributed by atoms with E-state index in [1.54, 1.807) is 2.89 Å². The van der Waals surface area contributed by atoms with E-state index >= 15 is 0 Å². The van der Waals surface area contributed by atoms with Crippen molar-refractivity contribution in [2.75, 3.05) is 13.2 Å².